The standard InChI is InChI=1S/C21H20ClF3N8O2/c1-21(2,35)16(23)8-28-19(34)13-7-26-17(32-10-29-15-3-11(22)5-27-18(15)32)4-14(13)31-12-6-30-33(9-12)20(24)25/h3-7,9-10,16,20,35H,8H2,1-2H3,(H,26,31)(H,28,34)/t16-/m1/s1. The van der Waals surface area contributed by atoms with Crippen LogP contribution in [0.4, 0.5) is 24.5 Å². The number of anilines is 2. The van der Waals surface area contributed by atoms with Crippen molar-refractivity contribution < 1.29 is 23.1 Å². The topological polar surface area (TPSA) is 123 Å². The Morgan fingerprint density at radius 1 is 1.17 bits per heavy atom. The van der Waals surface area contributed by atoms with Gasteiger partial charge in [-0.05, 0) is 19.9 Å². The predicted molar refractivity (Wildman–Crippen MR) is 122 cm³/mol. The third kappa shape index (κ3) is 5.35. The molecule has 0 saturated carbocycles. The summed E-state index contributed by atoms with van der Waals surface area (Å²) in [6, 6.07) is 3.10. The lowest BCUT2D eigenvalue weighted by atomic mass is 10.0. The van der Waals surface area contributed by atoms with E-state index in [2.05, 4.69) is 30.7 Å². The first kappa shape index (κ1) is 24.4. The number of alkyl halides is 3. The summed E-state index contributed by atoms with van der Waals surface area (Å²) in [5.74, 6) is -0.386. The highest BCUT2D eigenvalue weighted by molar-refractivity contribution is 6.31. The van der Waals surface area contributed by atoms with Gasteiger partial charge in [-0.3, -0.25) is 9.36 Å². The van der Waals surface area contributed by atoms with Crippen molar-refractivity contribution in [3.63, 3.8) is 0 Å². The van der Waals surface area contributed by atoms with Crippen LogP contribution in [-0.2, 0) is 0 Å². The summed E-state index contributed by atoms with van der Waals surface area (Å²) < 4.78 is 42.0. The summed E-state index contributed by atoms with van der Waals surface area (Å²) in [4.78, 5) is 25.6. The molecule has 3 N–H and O–H groups in total. The molecular formula is C21H20ClF3N8O2. The van der Waals surface area contributed by atoms with E-state index >= 15 is 0 Å². The van der Waals surface area contributed by atoms with E-state index in [-0.39, 0.29) is 16.9 Å². The van der Waals surface area contributed by atoms with Gasteiger partial charge in [-0.1, -0.05) is 11.6 Å². The maximum atomic E-state index is 14.1. The van der Waals surface area contributed by atoms with Crippen molar-refractivity contribution in [3.05, 3.63) is 53.8 Å². The summed E-state index contributed by atoms with van der Waals surface area (Å²) >= 11 is 5.96. The van der Waals surface area contributed by atoms with Crippen LogP contribution in [0, 0.1) is 0 Å². The number of halogens is 4. The van der Waals surface area contributed by atoms with Gasteiger partial charge < -0.3 is 15.7 Å². The zero-order valence-electron chi connectivity index (χ0n) is 18.5. The number of aromatic nitrogens is 6. The average Bonchev–Trinajstić information content (AvgIpc) is 3.43. The lowest BCUT2D eigenvalue weighted by Crippen LogP contribution is -2.42. The van der Waals surface area contributed by atoms with E-state index in [1.165, 1.54) is 38.6 Å². The minimum atomic E-state index is -2.85. The van der Waals surface area contributed by atoms with Crippen LogP contribution in [0.15, 0.2) is 43.2 Å². The molecule has 4 aromatic rings. The monoisotopic (exact) mass is 508 g/mol. The second-order valence-electron chi connectivity index (χ2n) is 8.14. The molecule has 0 saturated heterocycles. The molecule has 1 atom stereocenters. The van der Waals surface area contributed by atoms with Gasteiger partial charge >= 0.3 is 6.55 Å². The number of carbonyl (C=O) groups is 1. The van der Waals surface area contributed by atoms with Crippen LogP contribution in [0.5, 0.6) is 0 Å². The highest BCUT2D eigenvalue weighted by atomic mass is 35.5. The van der Waals surface area contributed by atoms with Crippen LogP contribution in [0.2, 0.25) is 5.02 Å². The predicted octanol–water partition coefficient (Wildman–Crippen LogP) is 3.64. The molecule has 35 heavy (non-hydrogen) atoms. The van der Waals surface area contributed by atoms with Gasteiger partial charge in [0.2, 0.25) is 0 Å². The maximum absolute atomic E-state index is 14.1. The average molecular weight is 509 g/mol. The van der Waals surface area contributed by atoms with Gasteiger partial charge in [0, 0.05) is 18.5 Å². The number of aliphatic hydroxyl groups is 1. The summed E-state index contributed by atoms with van der Waals surface area (Å²) in [7, 11) is 0. The molecule has 0 radical (unpaired) electrons. The summed E-state index contributed by atoms with van der Waals surface area (Å²) in [5.41, 5.74) is -0.344. The number of nitrogens with zero attached hydrogens (tertiary/aromatic N) is 6. The highest BCUT2D eigenvalue weighted by Crippen LogP contribution is 2.26. The van der Waals surface area contributed by atoms with Crippen molar-refractivity contribution in [2.75, 3.05) is 11.9 Å². The third-order valence-corrected chi connectivity index (χ3v) is 5.23. The quantitative estimate of drug-likeness (QED) is 0.332. The van der Waals surface area contributed by atoms with E-state index in [1.54, 1.807) is 10.6 Å². The zero-order chi connectivity index (χ0) is 25.3. The fraction of sp³-hybridized carbons (Fsp3) is 0.286. The van der Waals surface area contributed by atoms with E-state index in [1.807, 2.05) is 0 Å². The van der Waals surface area contributed by atoms with Crippen molar-refractivity contribution in [2.24, 2.45) is 0 Å². The summed E-state index contributed by atoms with van der Waals surface area (Å²) in [6.45, 7) is -0.738. The number of pyridine rings is 2. The van der Waals surface area contributed by atoms with E-state index < -0.39 is 30.8 Å². The van der Waals surface area contributed by atoms with Crippen molar-refractivity contribution >= 4 is 40.0 Å². The maximum Gasteiger partial charge on any atom is 0.333 e. The number of carbonyl (C=O) groups excluding carboxylic acids is 1. The van der Waals surface area contributed by atoms with Gasteiger partial charge in [0.1, 0.15) is 23.8 Å². The van der Waals surface area contributed by atoms with Crippen LogP contribution in [-0.4, -0.2) is 58.6 Å². The van der Waals surface area contributed by atoms with Crippen LogP contribution >= 0.6 is 11.6 Å². The molecule has 4 rings (SSSR count). The normalized spacial score (nSPS) is 12.8. The second kappa shape index (κ2) is 9.50. The van der Waals surface area contributed by atoms with Crippen LogP contribution < -0.4 is 10.6 Å². The molecule has 0 aliphatic rings. The van der Waals surface area contributed by atoms with E-state index in [0.29, 0.717) is 26.7 Å². The Labute approximate surface area is 201 Å². The minimum Gasteiger partial charge on any atom is -0.387 e. The van der Waals surface area contributed by atoms with Gasteiger partial charge in [-0.25, -0.2) is 24.0 Å². The fourth-order valence-corrected chi connectivity index (χ4v) is 3.25. The Hall–Kier alpha value is -3.71. The first-order chi connectivity index (χ1) is 16.5. The van der Waals surface area contributed by atoms with Gasteiger partial charge in [-0.2, -0.15) is 13.9 Å². The van der Waals surface area contributed by atoms with Crippen LogP contribution in [0.3, 0.4) is 0 Å². The van der Waals surface area contributed by atoms with Gasteiger partial charge in [0.05, 0.1) is 46.5 Å². The van der Waals surface area contributed by atoms with Crippen molar-refractivity contribution in [3.8, 4) is 5.82 Å². The van der Waals surface area contributed by atoms with E-state index in [4.69, 9.17) is 11.6 Å². The molecule has 14 heteroatoms. The number of nitrogens with one attached hydrogen (secondary N) is 2. The molecule has 10 nitrogen and oxygen atoms in total. The van der Waals surface area contributed by atoms with E-state index in [0.717, 1.165) is 12.4 Å². The Kier molecular flexibility index (Phi) is 6.63. The zero-order valence-corrected chi connectivity index (χ0v) is 19.2. The SMILES string of the molecule is CC(C)(O)[C@H](F)CNC(=O)c1cnc(-n2cnc3cc(Cl)cnc32)cc1Nc1cnn(C(F)F)c1. The van der Waals surface area contributed by atoms with Crippen LogP contribution in [0.25, 0.3) is 17.0 Å². The number of fused-ring (bicyclic) bond motifs is 1. The molecule has 0 spiro atoms. The summed E-state index contributed by atoms with van der Waals surface area (Å²) in [5, 5.41) is 19.0. The fourth-order valence-electron chi connectivity index (χ4n) is 3.10. The molecule has 184 valence electrons. The van der Waals surface area contributed by atoms with Crippen molar-refractivity contribution in [1.82, 2.24) is 34.6 Å². The first-order valence-corrected chi connectivity index (χ1v) is 10.6. The van der Waals surface area contributed by atoms with Crippen molar-refractivity contribution in [1.29, 1.82) is 0 Å². The molecule has 0 aliphatic heterocycles. The van der Waals surface area contributed by atoms with Crippen molar-refractivity contribution in [2.45, 2.75) is 32.2 Å². The minimum absolute atomic E-state index is 0.00178. The molecule has 0 bridgehead atoms. The Bertz CT molecular complexity index is 1370. The number of amides is 1. The second-order valence-corrected chi connectivity index (χ2v) is 8.58. The smallest absolute Gasteiger partial charge is 0.333 e. The number of imidazole rings is 1. The molecule has 4 heterocycles. The number of rotatable bonds is 8. The lowest BCUT2D eigenvalue weighted by molar-refractivity contribution is -0.00177. The molecule has 0 aromatic carbocycles. The molecule has 0 aliphatic carbocycles. The molecule has 1 amide bonds. The Morgan fingerprint density at radius 2 is 1.94 bits per heavy atom. The molecule has 0 fully saturated rings. The third-order valence-electron chi connectivity index (χ3n) is 5.02. The molecular weight excluding hydrogens is 489 g/mol. The lowest BCUT2D eigenvalue weighted by Gasteiger charge is -2.22. The van der Waals surface area contributed by atoms with Gasteiger partial charge in [-0.15, -0.1) is 0 Å². The first-order valence-electron chi connectivity index (χ1n) is 10.3. The van der Waals surface area contributed by atoms with E-state index in [9.17, 15) is 23.1 Å². The Balaban J connectivity index is 1.70. The number of hydrogen-bond donors (Lipinski definition) is 3. The van der Waals surface area contributed by atoms with Gasteiger partial charge in [0.25, 0.3) is 5.91 Å². The molecule has 4 aromatic heterocycles. The van der Waals surface area contributed by atoms with Crippen LogP contribution in [0.1, 0.15) is 30.8 Å². The number of hydrogen-bond acceptors (Lipinski definition) is 7. The highest BCUT2D eigenvalue weighted by Gasteiger charge is 2.27. The molecule has 0 unspecified atom stereocenters. The summed E-state index contributed by atoms with van der Waals surface area (Å²) in [6.07, 6.45) is 4.65. The largest absolute Gasteiger partial charge is 0.387 e. The van der Waals surface area contributed by atoms with Gasteiger partial charge in [0.15, 0.2) is 5.65 Å². The Morgan fingerprint density at radius 3 is 2.63 bits per heavy atom.